The van der Waals surface area contributed by atoms with Crippen molar-refractivity contribution < 1.29 is 20.4 Å². The minimum absolute atomic E-state index is 0.253. The first kappa shape index (κ1) is 37.5. The molecule has 0 aliphatic rings. The third-order valence-corrected chi connectivity index (χ3v) is 9.29. The van der Waals surface area contributed by atoms with Gasteiger partial charge in [-0.15, -0.1) is 0 Å². The highest BCUT2D eigenvalue weighted by molar-refractivity contribution is 5.60. The van der Waals surface area contributed by atoms with Gasteiger partial charge in [0.15, 0.2) is 0 Å². The lowest BCUT2D eigenvalue weighted by atomic mass is 9.56. The van der Waals surface area contributed by atoms with Gasteiger partial charge in [0.1, 0.15) is 5.60 Å². The van der Waals surface area contributed by atoms with Crippen LogP contribution in [0.4, 0.5) is 0 Å². The fourth-order valence-electron chi connectivity index (χ4n) is 6.29. The Kier molecular flexibility index (Phi) is 10.7. The molecule has 0 amide bonds. The van der Waals surface area contributed by atoms with Gasteiger partial charge < -0.3 is 20.4 Å². The van der Waals surface area contributed by atoms with Crippen LogP contribution in [0.1, 0.15) is 167 Å². The van der Waals surface area contributed by atoms with E-state index in [1.807, 2.05) is 0 Å². The maximum Gasteiger partial charge on any atom is 0.128 e. The van der Waals surface area contributed by atoms with Crippen molar-refractivity contribution in [2.24, 2.45) is 5.41 Å². The van der Waals surface area contributed by atoms with Crippen molar-refractivity contribution in [3.63, 3.8) is 0 Å². The van der Waals surface area contributed by atoms with E-state index in [9.17, 15) is 20.4 Å². The maximum absolute atomic E-state index is 14.0. The van der Waals surface area contributed by atoms with Gasteiger partial charge in [0.05, 0.1) is 25.2 Å². The van der Waals surface area contributed by atoms with E-state index in [1.54, 1.807) is 0 Å². The summed E-state index contributed by atoms with van der Waals surface area (Å²) in [7, 11) is 0. The second-order valence-corrected chi connectivity index (χ2v) is 17.8. The van der Waals surface area contributed by atoms with Crippen LogP contribution in [-0.2, 0) is 27.3 Å². The van der Waals surface area contributed by atoms with E-state index in [0.717, 1.165) is 22.3 Å². The first-order valence-electron chi connectivity index (χ1n) is 16.2. The smallest absolute Gasteiger partial charge is 0.128 e. The SMILES string of the molecule is CC(C)c1cc(C(C)(C)C)c(C(O)(c2c(C(C)(C)C)cc(C(C)C)cc2C(C)(C)C)C(CO)(CO)CO)c(C(C)(C)C)c1. The second kappa shape index (κ2) is 12.2. The highest BCUT2D eigenvalue weighted by Crippen LogP contribution is 2.56. The average molecular weight is 597 g/mol. The molecule has 0 fully saturated rings. The molecule has 4 heteroatoms. The van der Waals surface area contributed by atoms with E-state index in [4.69, 9.17) is 0 Å². The lowest BCUT2D eigenvalue weighted by Crippen LogP contribution is -2.57. The molecule has 0 bridgehead atoms. The minimum atomic E-state index is -1.95. The molecule has 4 N–H and O–H groups in total. The van der Waals surface area contributed by atoms with Crippen molar-refractivity contribution in [3.05, 3.63) is 68.8 Å². The average Bonchev–Trinajstić information content (AvgIpc) is 2.86. The lowest BCUT2D eigenvalue weighted by Gasteiger charge is -2.52. The number of benzene rings is 2. The Morgan fingerprint density at radius 1 is 0.465 bits per heavy atom. The normalized spacial score (nSPS) is 14.3. The third kappa shape index (κ3) is 6.93. The molecule has 4 nitrogen and oxygen atoms in total. The van der Waals surface area contributed by atoms with Gasteiger partial charge in [-0.3, -0.25) is 0 Å². The van der Waals surface area contributed by atoms with Crippen LogP contribution in [0, 0.1) is 5.41 Å². The van der Waals surface area contributed by atoms with Gasteiger partial charge in [-0.25, -0.2) is 0 Å². The number of aliphatic hydroxyl groups is 4. The molecule has 0 saturated heterocycles. The number of rotatable bonds is 8. The molecule has 2 aromatic rings. The summed E-state index contributed by atoms with van der Waals surface area (Å²) in [5, 5.41) is 47.7. The monoisotopic (exact) mass is 596 g/mol. The zero-order chi connectivity index (χ0) is 33.7. The summed E-state index contributed by atoms with van der Waals surface area (Å²) in [6, 6.07) is 8.81. The van der Waals surface area contributed by atoms with Crippen LogP contribution in [0.3, 0.4) is 0 Å². The van der Waals surface area contributed by atoms with E-state index in [2.05, 4.69) is 135 Å². The van der Waals surface area contributed by atoms with E-state index in [0.29, 0.717) is 11.1 Å². The molecule has 0 radical (unpaired) electrons. The van der Waals surface area contributed by atoms with Crippen LogP contribution in [0.2, 0.25) is 0 Å². The molecule has 2 rings (SSSR count). The summed E-state index contributed by atoms with van der Waals surface area (Å²) in [5.74, 6) is 0.506. The van der Waals surface area contributed by atoms with E-state index >= 15 is 0 Å². The quantitative estimate of drug-likeness (QED) is 0.247. The first-order valence-corrected chi connectivity index (χ1v) is 16.2. The molecule has 43 heavy (non-hydrogen) atoms. The van der Waals surface area contributed by atoms with Crippen molar-refractivity contribution in [2.45, 2.75) is 150 Å². The minimum Gasteiger partial charge on any atom is -0.395 e. The molecule has 0 aromatic heterocycles. The molecule has 0 heterocycles. The van der Waals surface area contributed by atoms with Crippen LogP contribution < -0.4 is 0 Å². The zero-order valence-electron chi connectivity index (χ0n) is 30.4. The fraction of sp³-hybridized carbons (Fsp3) is 0.692. The summed E-state index contributed by atoms with van der Waals surface area (Å²) in [6.07, 6.45) is 0. The third-order valence-electron chi connectivity index (χ3n) is 9.29. The van der Waals surface area contributed by atoms with Crippen molar-refractivity contribution in [1.82, 2.24) is 0 Å². The van der Waals surface area contributed by atoms with Crippen molar-refractivity contribution in [2.75, 3.05) is 19.8 Å². The molecule has 0 aliphatic carbocycles. The van der Waals surface area contributed by atoms with Crippen LogP contribution in [0.5, 0.6) is 0 Å². The van der Waals surface area contributed by atoms with Gasteiger partial charge >= 0.3 is 0 Å². The van der Waals surface area contributed by atoms with Crippen molar-refractivity contribution in [1.29, 1.82) is 0 Å². The Morgan fingerprint density at radius 2 is 0.674 bits per heavy atom. The number of hydrogen-bond acceptors (Lipinski definition) is 4. The number of aliphatic hydroxyl groups excluding tert-OH is 3. The van der Waals surface area contributed by atoms with Gasteiger partial charge in [0, 0.05) is 0 Å². The predicted molar refractivity (Wildman–Crippen MR) is 183 cm³/mol. The molecule has 244 valence electrons. The Bertz CT molecular complexity index is 1100. The van der Waals surface area contributed by atoms with Gasteiger partial charge in [-0.2, -0.15) is 0 Å². The Labute approximate surface area is 264 Å². The molecular formula is C39H64O4. The Balaban J connectivity index is 3.64. The van der Waals surface area contributed by atoms with Gasteiger partial charge in [0.2, 0.25) is 0 Å². The first-order chi connectivity index (χ1) is 19.2. The van der Waals surface area contributed by atoms with Crippen LogP contribution in [0.15, 0.2) is 24.3 Å². The molecule has 2 aromatic carbocycles. The van der Waals surface area contributed by atoms with Crippen molar-refractivity contribution >= 4 is 0 Å². The van der Waals surface area contributed by atoms with Gasteiger partial charge in [0.25, 0.3) is 0 Å². The summed E-state index contributed by atoms with van der Waals surface area (Å²) in [6.45, 7) is 32.7. The van der Waals surface area contributed by atoms with Gasteiger partial charge in [-0.1, -0.05) is 135 Å². The summed E-state index contributed by atoms with van der Waals surface area (Å²) in [4.78, 5) is 0. The van der Waals surface area contributed by atoms with Crippen LogP contribution in [0.25, 0.3) is 0 Å². The Hall–Kier alpha value is -1.72. The Morgan fingerprint density at radius 3 is 0.814 bits per heavy atom. The molecule has 0 atom stereocenters. The second-order valence-electron chi connectivity index (χ2n) is 17.8. The topological polar surface area (TPSA) is 80.9 Å². The van der Waals surface area contributed by atoms with E-state index in [-0.39, 0.29) is 11.8 Å². The van der Waals surface area contributed by atoms with E-state index < -0.39 is 52.5 Å². The summed E-state index contributed by atoms with van der Waals surface area (Å²) < 4.78 is 0. The molecule has 0 spiro atoms. The lowest BCUT2D eigenvalue weighted by molar-refractivity contribution is -0.138. The fourth-order valence-corrected chi connectivity index (χ4v) is 6.29. The molecule has 0 aliphatic heterocycles. The van der Waals surface area contributed by atoms with E-state index in [1.165, 1.54) is 11.1 Å². The maximum atomic E-state index is 14.0. The van der Waals surface area contributed by atoms with Crippen molar-refractivity contribution in [3.8, 4) is 0 Å². The molecule has 0 saturated carbocycles. The standard InChI is InChI=1S/C39H64O4/c1-24(2)26-17-28(34(5,6)7)32(29(18-26)35(8,9)10)39(43,38(21-40,22-41)23-42)33-30(36(11,12)13)19-27(25(3)4)20-31(33)37(14,15)16/h17-20,24-25,40-43H,21-23H2,1-16H3. The molecule has 0 unspecified atom stereocenters. The predicted octanol–water partition coefficient (Wildman–Crippen LogP) is 8.32. The zero-order valence-corrected chi connectivity index (χ0v) is 30.4. The number of hydrogen-bond donors (Lipinski definition) is 4. The van der Waals surface area contributed by atoms with Crippen LogP contribution in [-0.4, -0.2) is 40.2 Å². The highest BCUT2D eigenvalue weighted by atomic mass is 16.3. The van der Waals surface area contributed by atoms with Crippen LogP contribution >= 0.6 is 0 Å². The highest BCUT2D eigenvalue weighted by Gasteiger charge is 2.58. The summed E-state index contributed by atoms with van der Waals surface area (Å²) in [5.41, 5.74) is 2.29. The summed E-state index contributed by atoms with van der Waals surface area (Å²) >= 11 is 0. The largest absolute Gasteiger partial charge is 0.395 e. The van der Waals surface area contributed by atoms with Gasteiger partial charge in [-0.05, 0) is 78.0 Å². The molecular weight excluding hydrogens is 532 g/mol.